The van der Waals surface area contributed by atoms with E-state index in [2.05, 4.69) is 15.2 Å². The van der Waals surface area contributed by atoms with Gasteiger partial charge >= 0.3 is 5.97 Å². The lowest BCUT2D eigenvalue weighted by Gasteiger charge is -2.03. The maximum atomic E-state index is 12.0. The highest BCUT2D eigenvalue weighted by molar-refractivity contribution is 5.95. The summed E-state index contributed by atoms with van der Waals surface area (Å²) in [6, 6.07) is 11.2. The lowest BCUT2D eigenvalue weighted by molar-refractivity contribution is -0.139. The van der Waals surface area contributed by atoms with Crippen LogP contribution in [0.4, 0.5) is 0 Å². The van der Waals surface area contributed by atoms with Crippen molar-refractivity contribution in [3.05, 3.63) is 42.1 Å². The number of ether oxygens (including phenoxy) is 1. The van der Waals surface area contributed by atoms with Crippen LogP contribution in [0.3, 0.4) is 0 Å². The fourth-order valence-electron chi connectivity index (χ4n) is 1.74. The van der Waals surface area contributed by atoms with Crippen molar-refractivity contribution in [2.75, 3.05) is 13.7 Å². The molecule has 0 aliphatic rings. The third-order valence-electron chi connectivity index (χ3n) is 2.80. The number of carbonyl (C=O) groups is 2. The number of esters is 1. The Bertz CT molecular complexity index is 620. The van der Waals surface area contributed by atoms with Crippen LogP contribution in [0.2, 0.25) is 0 Å². The van der Waals surface area contributed by atoms with Crippen molar-refractivity contribution < 1.29 is 14.3 Å². The molecular formula is C14H15N3O3. The predicted molar refractivity (Wildman–Crippen MR) is 73.0 cm³/mol. The summed E-state index contributed by atoms with van der Waals surface area (Å²) in [6.07, 6.45) is 0. The molecule has 0 aliphatic heterocycles. The van der Waals surface area contributed by atoms with Crippen LogP contribution in [0.1, 0.15) is 10.5 Å². The summed E-state index contributed by atoms with van der Waals surface area (Å²) < 4.78 is 5.95. The third-order valence-corrected chi connectivity index (χ3v) is 2.80. The van der Waals surface area contributed by atoms with Gasteiger partial charge in [-0.15, -0.1) is 0 Å². The van der Waals surface area contributed by atoms with Crippen LogP contribution in [0.5, 0.6) is 0 Å². The van der Waals surface area contributed by atoms with E-state index < -0.39 is 5.97 Å². The second-order valence-corrected chi connectivity index (χ2v) is 4.16. The molecule has 1 heterocycles. The molecule has 0 saturated carbocycles. The summed E-state index contributed by atoms with van der Waals surface area (Å²) in [5.41, 5.74) is 2.01. The Kier molecular flexibility index (Phi) is 4.14. The van der Waals surface area contributed by atoms with Gasteiger partial charge in [-0.2, -0.15) is 5.10 Å². The van der Waals surface area contributed by atoms with Crippen molar-refractivity contribution in [3.8, 4) is 11.3 Å². The van der Waals surface area contributed by atoms with E-state index in [9.17, 15) is 9.59 Å². The van der Waals surface area contributed by atoms with Crippen LogP contribution in [0, 0.1) is 0 Å². The van der Waals surface area contributed by atoms with Crippen LogP contribution >= 0.6 is 0 Å². The largest absolute Gasteiger partial charge is 0.468 e. The Balaban J connectivity index is 2.15. The Morgan fingerprint density at radius 3 is 2.65 bits per heavy atom. The first kappa shape index (κ1) is 13.8. The SMILES string of the molecule is COC(=O)CNC(=O)c1cc(-c2ccccc2)nn1C. The van der Waals surface area contributed by atoms with Gasteiger partial charge in [0, 0.05) is 12.6 Å². The molecule has 1 N–H and O–H groups in total. The Hall–Kier alpha value is -2.63. The molecule has 0 saturated heterocycles. The van der Waals surface area contributed by atoms with Crippen molar-refractivity contribution >= 4 is 11.9 Å². The first-order valence-corrected chi connectivity index (χ1v) is 6.06. The topological polar surface area (TPSA) is 73.2 Å². The van der Waals surface area contributed by atoms with E-state index in [-0.39, 0.29) is 12.5 Å². The predicted octanol–water partition coefficient (Wildman–Crippen LogP) is 0.990. The van der Waals surface area contributed by atoms with Gasteiger partial charge in [0.15, 0.2) is 0 Å². The average Bonchev–Trinajstić information content (AvgIpc) is 2.87. The van der Waals surface area contributed by atoms with Crippen molar-refractivity contribution in [1.82, 2.24) is 15.1 Å². The standard InChI is InChI=1S/C14H15N3O3/c1-17-12(14(19)15-9-13(18)20-2)8-11(16-17)10-6-4-3-5-7-10/h3-8H,9H2,1-2H3,(H,15,19). The number of rotatable bonds is 4. The number of aryl methyl sites for hydroxylation is 1. The van der Waals surface area contributed by atoms with Crippen molar-refractivity contribution in [1.29, 1.82) is 0 Å². The molecule has 0 spiro atoms. The molecule has 6 nitrogen and oxygen atoms in total. The fraction of sp³-hybridized carbons (Fsp3) is 0.214. The van der Waals surface area contributed by atoms with Gasteiger partial charge in [0.1, 0.15) is 12.2 Å². The van der Waals surface area contributed by atoms with E-state index in [1.807, 2.05) is 30.3 Å². The van der Waals surface area contributed by atoms with E-state index in [0.29, 0.717) is 11.4 Å². The summed E-state index contributed by atoms with van der Waals surface area (Å²) >= 11 is 0. The maximum absolute atomic E-state index is 12.0. The van der Waals surface area contributed by atoms with Crippen molar-refractivity contribution in [2.45, 2.75) is 0 Å². The quantitative estimate of drug-likeness (QED) is 0.843. The molecule has 20 heavy (non-hydrogen) atoms. The summed E-state index contributed by atoms with van der Waals surface area (Å²) in [7, 11) is 2.95. The van der Waals surface area contributed by atoms with Crippen molar-refractivity contribution in [3.63, 3.8) is 0 Å². The molecule has 0 fully saturated rings. The lowest BCUT2D eigenvalue weighted by atomic mass is 10.1. The molecule has 0 bridgehead atoms. The van der Waals surface area contributed by atoms with E-state index in [4.69, 9.17) is 0 Å². The molecule has 0 aliphatic carbocycles. The van der Waals surface area contributed by atoms with E-state index in [1.54, 1.807) is 13.1 Å². The van der Waals surface area contributed by atoms with Gasteiger partial charge in [0.25, 0.3) is 5.91 Å². The maximum Gasteiger partial charge on any atom is 0.325 e. The van der Waals surface area contributed by atoms with Crippen LogP contribution in [-0.4, -0.2) is 35.3 Å². The molecule has 0 atom stereocenters. The number of nitrogens with zero attached hydrogens (tertiary/aromatic N) is 2. The smallest absolute Gasteiger partial charge is 0.325 e. The van der Waals surface area contributed by atoms with Gasteiger partial charge in [-0.05, 0) is 6.07 Å². The van der Waals surface area contributed by atoms with Crippen LogP contribution < -0.4 is 5.32 Å². The number of nitrogens with one attached hydrogen (secondary N) is 1. The third kappa shape index (κ3) is 3.03. The zero-order chi connectivity index (χ0) is 14.5. The minimum Gasteiger partial charge on any atom is -0.468 e. The van der Waals surface area contributed by atoms with Crippen molar-refractivity contribution in [2.24, 2.45) is 7.05 Å². The molecular weight excluding hydrogens is 258 g/mol. The number of hydrogen-bond acceptors (Lipinski definition) is 4. The van der Waals surface area contributed by atoms with Crippen LogP contribution in [0.25, 0.3) is 11.3 Å². The highest BCUT2D eigenvalue weighted by atomic mass is 16.5. The van der Waals surface area contributed by atoms with E-state index >= 15 is 0 Å². The number of aromatic nitrogens is 2. The Morgan fingerprint density at radius 1 is 1.30 bits per heavy atom. The van der Waals surface area contributed by atoms with Gasteiger partial charge < -0.3 is 10.1 Å². The van der Waals surface area contributed by atoms with Gasteiger partial charge in [0.2, 0.25) is 0 Å². The minimum atomic E-state index is -0.496. The molecule has 0 unspecified atom stereocenters. The second-order valence-electron chi connectivity index (χ2n) is 4.16. The fourth-order valence-corrected chi connectivity index (χ4v) is 1.74. The average molecular weight is 273 g/mol. The molecule has 1 aromatic heterocycles. The first-order chi connectivity index (χ1) is 9.61. The Labute approximate surface area is 116 Å². The summed E-state index contributed by atoms with van der Waals surface area (Å²) in [5.74, 6) is -0.864. The first-order valence-electron chi connectivity index (χ1n) is 6.06. The molecule has 104 valence electrons. The van der Waals surface area contributed by atoms with Gasteiger partial charge in [-0.25, -0.2) is 0 Å². The minimum absolute atomic E-state index is 0.165. The monoisotopic (exact) mass is 273 g/mol. The number of hydrogen-bond donors (Lipinski definition) is 1. The van der Waals surface area contributed by atoms with E-state index in [1.165, 1.54) is 11.8 Å². The number of methoxy groups -OCH3 is 1. The number of carbonyl (C=O) groups excluding carboxylic acids is 2. The molecule has 1 aromatic carbocycles. The summed E-state index contributed by atoms with van der Waals surface area (Å²) in [5, 5.41) is 6.77. The molecule has 6 heteroatoms. The van der Waals surface area contributed by atoms with Gasteiger partial charge in [0.05, 0.1) is 12.8 Å². The second kappa shape index (κ2) is 6.01. The molecule has 0 radical (unpaired) electrons. The molecule has 2 aromatic rings. The van der Waals surface area contributed by atoms with E-state index in [0.717, 1.165) is 5.56 Å². The summed E-state index contributed by atoms with van der Waals surface area (Å²) in [6.45, 7) is -0.165. The van der Waals surface area contributed by atoms with Crippen LogP contribution in [0.15, 0.2) is 36.4 Å². The highest BCUT2D eigenvalue weighted by Crippen LogP contribution is 2.18. The van der Waals surface area contributed by atoms with Gasteiger partial charge in [-0.3, -0.25) is 14.3 Å². The zero-order valence-electron chi connectivity index (χ0n) is 11.3. The normalized spacial score (nSPS) is 10.1. The highest BCUT2D eigenvalue weighted by Gasteiger charge is 2.15. The van der Waals surface area contributed by atoms with Crippen LogP contribution in [-0.2, 0) is 16.6 Å². The lowest BCUT2D eigenvalue weighted by Crippen LogP contribution is -2.31. The number of benzene rings is 1. The molecule has 1 amide bonds. The Morgan fingerprint density at radius 2 is 2.00 bits per heavy atom. The summed E-state index contributed by atoms with van der Waals surface area (Å²) in [4.78, 5) is 23.0. The molecule has 2 rings (SSSR count). The zero-order valence-corrected chi connectivity index (χ0v) is 11.3. The van der Waals surface area contributed by atoms with Gasteiger partial charge in [-0.1, -0.05) is 30.3 Å². The number of amides is 1.